The summed E-state index contributed by atoms with van der Waals surface area (Å²) in [6.07, 6.45) is 2.67. The minimum atomic E-state index is -3.23. The highest BCUT2D eigenvalue weighted by Crippen LogP contribution is 2.10. The quantitative estimate of drug-likeness (QED) is 0.814. The average molecular weight is 284 g/mol. The van der Waals surface area contributed by atoms with Gasteiger partial charge in [-0.1, -0.05) is 6.92 Å². The summed E-state index contributed by atoms with van der Waals surface area (Å²) in [7, 11) is -3.23. The highest BCUT2D eigenvalue weighted by molar-refractivity contribution is 7.90. The second kappa shape index (κ2) is 6.68. The molecule has 6 heteroatoms. The van der Waals surface area contributed by atoms with E-state index in [4.69, 9.17) is 5.73 Å². The van der Waals surface area contributed by atoms with Crippen LogP contribution >= 0.6 is 0 Å². The summed E-state index contributed by atoms with van der Waals surface area (Å²) in [5.41, 5.74) is 5.92. The SMILES string of the molecule is CCC(CCN)NC(=O)c1ccc(S(C)(=O)=O)cc1. The van der Waals surface area contributed by atoms with E-state index in [0.717, 1.165) is 19.1 Å². The van der Waals surface area contributed by atoms with Crippen LogP contribution in [0.15, 0.2) is 29.2 Å². The molecule has 0 bridgehead atoms. The smallest absolute Gasteiger partial charge is 0.251 e. The van der Waals surface area contributed by atoms with Gasteiger partial charge < -0.3 is 11.1 Å². The van der Waals surface area contributed by atoms with Crippen LogP contribution < -0.4 is 11.1 Å². The summed E-state index contributed by atoms with van der Waals surface area (Å²) in [5, 5.41) is 2.87. The maximum Gasteiger partial charge on any atom is 0.251 e. The monoisotopic (exact) mass is 284 g/mol. The highest BCUT2D eigenvalue weighted by Gasteiger charge is 2.13. The van der Waals surface area contributed by atoms with E-state index in [1.165, 1.54) is 24.3 Å². The maximum atomic E-state index is 11.9. The van der Waals surface area contributed by atoms with E-state index in [1.807, 2.05) is 6.92 Å². The van der Waals surface area contributed by atoms with Crippen molar-refractivity contribution in [1.82, 2.24) is 5.32 Å². The van der Waals surface area contributed by atoms with Crippen LogP contribution in [-0.4, -0.2) is 33.2 Å². The third-order valence-corrected chi connectivity index (χ3v) is 4.02. The average Bonchev–Trinajstić information content (AvgIpc) is 2.37. The van der Waals surface area contributed by atoms with Crippen LogP contribution in [-0.2, 0) is 9.84 Å². The number of nitrogens with one attached hydrogen (secondary N) is 1. The lowest BCUT2D eigenvalue weighted by atomic mass is 10.1. The molecule has 1 unspecified atom stereocenters. The van der Waals surface area contributed by atoms with Gasteiger partial charge in [0.15, 0.2) is 9.84 Å². The van der Waals surface area contributed by atoms with Gasteiger partial charge in [0.1, 0.15) is 0 Å². The lowest BCUT2D eigenvalue weighted by Crippen LogP contribution is -2.35. The molecule has 0 saturated heterocycles. The molecule has 0 aliphatic heterocycles. The third kappa shape index (κ3) is 4.65. The molecular formula is C13H20N2O3S. The van der Waals surface area contributed by atoms with Gasteiger partial charge in [-0.3, -0.25) is 4.79 Å². The maximum absolute atomic E-state index is 11.9. The number of rotatable bonds is 6. The topological polar surface area (TPSA) is 89.3 Å². The van der Waals surface area contributed by atoms with Crippen LogP contribution in [0.5, 0.6) is 0 Å². The van der Waals surface area contributed by atoms with Crippen molar-refractivity contribution in [3.63, 3.8) is 0 Å². The number of carbonyl (C=O) groups excluding carboxylic acids is 1. The Labute approximate surface area is 114 Å². The number of carbonyl (C=O) groups is 1. The van der Waals surface area contributed by atoms with E-state index < -0.39 is 9.84 Å². The Morgan fingerprint density at radius 1 is 1.32 bits per heavy atom. The van der Waals surface area contributed by atoms with Crippen molar-refractivity contribution in [3.8, 4) is 0 Å². The van der Waals surface area contributed by atoms with Gasteiger partial charge in [-0.25, -0.2) is 8.42 Å². The van der Waals surface area contributed by atoms with Crippen LogP contribution in [0.3, 0.4) is 0 Å². The molecule has 1 rings (SSSR count). The van der Waals surface area contributed by atoms with Gasteiger partial charge in [0, 0.05) is 17.9 Å². The van der Waals surface area contributed by atoms with Crippen LogP contribution in [0.2, 0.25) is 0 Å². The molecule has 1 aromatic carbocycles. The summed E-state index contributed by atoms with van der Waals surface area (Å²) in [6, 6.07) is 5.95. The first-order chi connectivity index (χ1) is 8.88. The fourth-order valence-corrected chi connectivity index (χ4v) is 2.33. The molecule has 3 N–H and O–H groups in total. The minimum Gasteiger partial charge on any atom is -0.349 e. The Bertz CT molecular complexity index is 523. The first kappa shape index (κ1) is 15.7. The van der Waals surface area contributed by atoms with Gasteiger partial charge in [-0.15, -0.1) is 0 Å². The molecule has 0 saturated carbocycles. The van der Waals surface area contributed by atoms with Crippen molar-refractivity contribution < 1.29 is 13.2 Å². The third-order valence-electron chi connectivity index (χ3n) is 2.89. The second-order valence-corrected chi connectivity index (χ2v) is 6.47. The van der Waals surface area contributed by atoms with Crippen molar-refractivity contribution in [2.24, 2.45) is 5.73 Å². The summed E-state index contributed by atoms with van der Waals surface area (Å²) in [6.45, 7) is 2.50. The molecule has 0 radical (unpaired) electrons. The molecule has 0 aromatic heterocycles. The summed E-state index contributed by atoms with van der Waals surface area (Å²) in [4.78, 5) is 12.2. The minimum absolute atomic E-state index is 0.0482. The van der Waals surface area contributed by atoms with Crippen LogP contribution in [0, 0.1) is 0 Å². The fraction of sp³-hybridized carbons (Fsp3) is 0.462. The number of sulfone groups is 1. The standard InChI is InChI=1S/C13H20N2O3S/c1-3-11(8-9-14)15-13(16)10-4-6-12(7-5-10)19(2,17)18/h4-7,11H,3,8-9,14H2,1-2H3,(H,15,16). The van der Waals surface area contributed by atoms with E-state index in [9.17, 15) is 13.2 Å². The van der Waals surface area contributed by atoms with Gasteiger partial charge in [0.25, 0.3) is 5.91 Å². The predicted molar refractivity (Wildman–Crippen MR) is 74.8 cm³/mol. The van der Waals surface area contributed by atoms with E-state index in [2.05, 4.69) is 5.32 Å². The van der Waals surface area contributed by atoms with Crippen molar-refractivity contribution in [1.29, 1.82) is 0 Å². The Kier molecular flexibility index (Phi) is 5.50. The normalized spacial score (nSPS) is 13.0. The fourth-order valence-electron chi connectivity index (χ4n) is 1.70. The number of hydrogen-bond donors (Lipinski definition) is 2. The molecule has 0 spiro atoms. The zero-order valence-corrected chi connectivity index (χ0v) is 12.0. The molecule has 0 heterocycles. The first-order valence-corrected chi connectivity index (χ1v) is 8.08. The molecule has 5 nitrogen and oxygen atoms in total. The molecule has 0 aliphatic carbocycles. The van der Waals surface area contributed by atoms with E-state index in [0.29, 0.717) is 12.1 Å². The molecule has 1 aromatic rings. The first-order valence-electron chi connectivity index (χ1n) is 6.19. The lowest BCUT2D eigenvalue weighted by Gasteiger charge is -2.16. The summed E-state index contributed by atoms with van der Waals surface area (Å²) < 4.78 is 22.6. The van der Waals surface area contributed by atoms with Crippen molar-refractivity contribution in [2.75, 3.05) is 12.8 Å². The zero-order chi connectivity index (χ0) is 14.5. The van der Waals surface area contributed by atoms with Crippen LogP contribution in [0.1, 0.15) is 30.1 Å². The molecular weight excluding hydrogens is 264 g/mol. The Hall–Kier alpha value is -1.40. The lowest BCUT2D eigenvalue weighted by molar-refractivity contribution is 0.0934. The van der Waals surface area contributed by atoms with E-state index >= 15 is 0 Å². The van der Waals surface area contributed by atoms with Crippen molar-refractivity contribution >= 4 is 15.7 Å². The second-order valence-electron chi connectivity index (χ2n) is 4.45. The van der Waals surface area contributed by atoms with Gasteiger partial charge in [0.2, 0.25) is 0 Å². The van der Waals surface area contributed by atoms with E-state index in [-0.39, 0.29) is 16.8 Å². The molecule has 1 amide bonds. The Balaban J connectivity index is 2.78. The highest BCUT2D eigenvalue weighted by atomic mass is 32.2. The molecule has 1 atom stereocenters. The van der Waals surface area contributed by atoms with Gasteiger partial charge in [0.05, 0.1) is 4.90 Å². The molecule has 0 aliphatic rings. The number of amides is 1. The molecule has 19 heavy (non-hydrogen) atoms. The van der Waals surface area contributed by atoms with Gasteiger partial charge in [-0.05, 0) is 43.7 Å². The predicted octanol–water partition coefficient (Wildman–Crippen LogP) is 0.947. The van der Waals surface area contributed by atoms with Crippen LogP contribution in [0.4, 0.5) is 0 Å². The summed E-state index contributed by atoms with van der Waals surface area (Å²) in [5.74, 6) is -0.208. The number of nitrogens with two attached hydrogens (primary N) is 1. The largest absolute Gasteiger partial charge is 0.349 e. The molecule has 106 valence electrons. The zero-order valence-electron chi connectivity index (χ0n) is 11.2. The van der Waals surface area contributed by atoms with Crippen molar-refractivity contribution in [2.45, 2.75) is 30.7 Å². The Morgan fingerprint density at radius 3 is 2.32 bits per heavy atom. The Morgan fingerprint density at radius 2 is 1.89 bits per heavy atom. The number of benzene rings is 1. The van der Waals surface area contributed by atoms with Gasteiger partial charge in [-0.2, -0.15) is 0 Å². The van der Waals surface area contributed by atoms with Gasteiger partial charge >= 0.3 is 0 Å². The summed E-state index contributed by atoms with van der Waals surface area (Å²) >= 11 is 0. The van der Waals surface area contributed by atoms with Crippen molar-refractivity contribution in [3.05, 3.63) is 29.8 Å². The molecule has 0 fully saturated rings. The van der Waals surface area contributed by atoms with Crippen LogP contribution in [0.25, 0.3) is 0 Å². The van der Waals surface area contributed by atoms with E-state index in [1.54, 1.807) is 0 Å². The number of hydrogen-bond acceptors (Lipinski definition) is 4.